The van der Waals surface area contributed by atoms with Crippen molar-refractivity contribution in [1.29, 1.82) is 0 Å². The summed E-state index contributed by atoms with van der Waals surface area (Å²) in [5.41, 5.74) is 5.59. The van der Waals surface area contributed by atoms with Crippen LogP contribution in [-0.4, -0.2) is 31.2 Å². The first-order valence-corrected chi connectivity index (χ1v) is 5.45. The van der Waals surface area contributed by atoms with Gasteiger partial charge in [0.25, 0.3) is 0 Å². The SMILES string of the molecule is COC1CC(NC(=O)CC(C)N)C1(C)C.Cl. The molecule has 3 unspecified atom stereocenters. The van der Waals surface area contributed by atoms with Gasteiger partial charge in [-0.05, 0) is 13.3 Å². The Labute approximate surface area is 104 Å². The fourth-order valence-electron chi connectivity index (χ4n) is 2.08. The summed E-state index contributed by atoms with van der Waals surface area (Å²) in [7, 11) is 1.71. The molecule has 0 radical (unpaired) electrons. The summed E-state index contributed by atoms with van der Waals surface area (Å²) in [5, 5.41) is 3.00. The monoisotopic (exact) mass is 250 g/mol. The first-order valence-electron chi connectivity index (χ1n) is 5.45. The van der Waals surface area contributed by atoms with Crippen LogP contribution >= 0.6 is 12.4 Å². The van der Waals surface area contributed by atoms with E-state index < -0.39 is 0 Å². The molecule has 1 amide bonds. The summed E-state index contributed by atoms with van der Waals surface area (Å²) in [5.74, 6) is 0.0395. The Balaban J connectivity index is 0.00000225. The average molecular weight is 251 g/mol. The summed E-state index contributed by atoms with van der Waals surface area (Å²) in [6.07, 6.45) is 1.54. The second-order valence-electron chi connectivity index (χ2n) is 5.08. The fourth-order valence-corrected chi connectivity index (χ4v) is 2.08. The molecule has 96 valence electrons. The lowest BCUT2D eigenvalue weighted by molar-refractivity contribution is -0.132. The minimum absolute atomic E-state index is 0. The van der Waals surface area contributed by atoms with Crippen molar-refractivity contribution in [1.82, 2.24) is 5.32 Å². The number of nitrogens with one attached hydrogen (secondary N) is 1. The predicted octanol–water partition coefficient (Wildman–Crippen LogP) is 1.08. The molecule has 3 N–H and O–H groups in total. The van der Waals surface area contributed by atoms with Gasteiger partial charge in [-0.1, -0.05) is 13.8 Å². The molecule has 0 aliphatic heterocycles. The smallest absolute Gasteiger partial charge is 0.221 e. The first-order chi connectivity index (χ1) is 6.87. The molecule has 1 aliphatic rings. The van der Waals surface area contributed by atoms with Crippen molar-refractivity contribution in [3.63, 3.8) is 0 Å². The van der Waals surface area contributed by atoms with E-state index in [1.165, 1.54) is 0 Å². The van der Waals surface area contributed by atoms with Crippen molar-refractivity contribution in [2.45, 2.75) is 51.8 Å². The number of hydrogen-bond acceptors (Lipinski definition) is 3. The van der Waals surface area contributed by atoms with Gasteiger partial charge in [-0.15, -0.1) is 12.4 Å². The molecule has 0 bridgehead atoms. The zero-order valence-electron chi connectivity index (χ0n) is 10.4. The van der Waals surface area contributed by atoms with Gasteiger partial charge in [0.05, 0.1) is 6.10 Å². The van der Waals surface area contributed by atoms with Gasteiger partial charge in [-0.25, -0.2) is 0 Å². The van der Waals surface area contributed by atoms with E-state index >= 15 is 0 Å². The molecular weight excluding hydrogens is 228 g/mol. The highest BCUT2D eigenvalue weighted by atomic mass is 35.5. The largest absolute Gasteiger partial charge is 0.381 e. The highest BCUT2D eigenvalue weighted by Crippen LogP contribution is 2.42. The summed E-state index contributed by atoms with van der Waals surface area (Å²) in [6.45, 7) is 6.06. The molecule has 1 rings (SSSR count). The van der Waals surface area contributed by atoms with E-state index in [1.807, 2.05) is 6.92 Å². The topological polar surface area (TPSA) is 64.3 Å². The van der Waals surface area contributed by atoms with Crippen molar-refractivity contribution >= 4 is 18.3 Å². The van der Waals surface area contributed by atoms with Crippen LogP contribution in [0.25, 0.3) is 0 Å². The molecule has 5 heteroatoms. The number of amides is 1. The van der Waals surface area contributed by atoms with Gasteiger partial charge in [0.15, 0.2) is 0 Å². The molecule has 0 saturated heterocycles. The van der Waals surface area contributed by atoms with Crippen molar-refractivity contribution in [2.75, 3.05) is 7.11 Å². The maximum Gasteiger partial charge on any atom is 0.221 e. The molecule has 3 atom stereocenters. The molecule has 0 aromatic rings. The molecular formula is C11H23ClN2O2. The minimum Gasteiger partial charge on any atom is -0.381 e. The van der Waals surface area contributed by atoms with Crippen LogP contribution in [0.4, 0.5) is 0 Å². The standard InChI is InChI=1S/C11H22N2O2.ClH/c1-7(12)5-10(14)13-8-6-9(15-4)11(8,2)3;/h7-9H,5-6,12H2,1-4H3,(H,13,14);1H. The normalized spacial score (nSPS) is 28.6. The molecule has 0 aromatic heterocycles. The van der Waals surface area contributed by atoms with E-state index in [9.17, 15) is 4.79 Å². The van der Waals surface area contributed by atoms with Gasteiger partial charge < -0.3 is 15.8 Å². The lowest BCUT2D eigenvalue weighted by Crippen LogP contribution is -2.62. The van der Waals surface area contributed by atoms with E-state index in [-0.39, 0.29) is 41.9 Å². The van der Waals surface area contributed by atoms with Gasteiger partial charge in [0.1, 0.15) is 0 Å². The number of ether oxygens (including phenoxy) is 1. The first kappa shape index (κ1) is 15.7. The highest BCUT2D eigenvalue weighted by molar-refractivity contribution is 5.85. The Morgan fingerprint density at radius 3 is 2.56 bits per heavy atom. The molecule has 1 aliphatic carbocycles. The third kappa shape index (κ3) is 3.34. The third-order valence-electron chi connectivity index (χ3n) is 3.30. The Kier molecular flexibility index (Phi) is 5.73. The van der Waals surface area contributed by atoms with Gasteiger partial charge in [0, 0.05) is 31.0 Å². The summed E-state index contributed by atoms with van der Waals surface area (Å²) >= 11 is 0. The van der Waals surface area contributed by atoms with Crippen molar-refractivity contribution in [3.8, 4) is 0 Å². The van der Waals surface area contributed by atoms with Crippen LogP contribution in [0.3, 0.4) is 0 Å². The number of nitrogens with two attached hydrogens (primary N) is 1. The summed E-state index contributed by atoms with van der Waals surface area (Å²) < 4.78 is 5.32. The van der Waals surface area contributed by atoms with E-state index in [0.717, 1.165) is 6.42 Å². The average Bonchev–Trinajstić information content (AvgIpc) is 2.10. The predicted molar refractivity (Wildman–Crippen MR) is 66.6 cm³/mol. The van der Waals surface area contributed by atoms with Gasteiger partial charge in [0.2, 0.25) is 5.91 Å². The molecule has 4 nitrogen and oxygen atoms in total. The maximum atomic E-state index is 11.5. The highest BCUT2D eigenvalue weighted by Gasteiger charge is 2.49. The number of carbonyl (C=O) groups excluding carboxylic acids is 1. The number of halogens is 1. The van der Waals surface area contributed by atoms with E-state index in [1.54, 1.807) is 7.11 Å². The van der Waals surface area contributed by atoms with Crippen molar-refractivity contribution < 1.29 is 9.53 Å². The van der Waals surface area contributed by atoms with Crippen LogP contribution < -0.4 is 11.1 Å². The molecule has 1 saturated carbocycles. The van der Waals surface area contributed by atoms with E-state index in [4.69, 9.17) is 10.5 Å². The lowest BCUT2D eigenvalue weighted by Gasteiger charge is -2.51. The minimum atomic E-state index is -0.0774. The van der Waals surface area contributed by atoms with Crippen LogP contribution in [0.1, 0.15) is 33.6 Å². The number of carbonyl (C=O) groups is 1. The lowest BCUT2D eigenvalue weighted by atomic mass is 9.64. The van der Waals surface area contributed by atoms with Gasteiger partial charge in [-0.2, -0.15) is 0 Å². The maximum absolute atomic E-state index is 11.5. The molecule has 0 heterocycles. The Morgan fingerprint density at radius 2 is 2.19 bits per heavy atom. The Bertz CT molecular complexity index is 244. The Hall–Kier alpha value is -0.320. The summed E-state index contributed by atoms with van der Waals surface area (Å²) in [6, 6.07) is 0.139. The van der Waals surface area contributed by atoms with Crippen LogP contribution in [0.2, 0.25) is 0 Å². The second-order valence-corrected chi connectivity index (χ2v) is 5.08. The molecule has 1 fully saturated rings. The quantitative estimate of drug-likeness (QED) is 0.785. The summed E-state index contributed by atoms with van der Waals surface area (Å²) in [4.78, 5) is 11.5. The van der Waals surface area contributed by atoms with Crippen molar-refractivity contribution in [3.05, 3.63) is 0 Å². The molecule has 0 spiro atoms. The second kappa shape index (κ2) is 5.84. The third-order valence-corrected chi connectivity index (χ3v) is 3.30. The van der Waals surface area contributed by atoms with Gasteiger partial charge >= 0.3 is 0 Å². The fraction of sp³-hybridized carbons (Fsp3) is 0.909. The van der Waals surface area contributed by atoms with Crippen molar-refractivity contribution in [2.24, 2.45) is 11.1 Å². The van der Waals surface area contributed by atoms with Crippen LogP contribution in [0.5, 0.6) is 0 Å². The van der Waals surface area contributed by atoms with Crippen LogP contribution in [0.15, 0.2) is 0 Å². The van der Waals surface area contributed by atoms with Crippen LogP contribution in [0, 0.1) is 5.41 Å². The zero-order chi connectivity index (χ0) is 11.6. The van der Waals surface area contributed by atoms with Gasteiger partial charge in [-0.3, -0.25) is 4.79 Å². The number of rotatable bonds is 4. The number of hydrogen-bond donors (Lipinski definition) is 2. The molecule has 0 aromatic carbocycles. The Morgan fingerprint density at radius 1 is 1.62 bits per heavy atom. The van der Waals surface area contributed by atoms with Crippen LogP contribution in [-0.2, 0) is 9.53 Å². The molecule has 16 heavy (non-hydrogen) atoms. The van der Waals surface area contributed by atoms with E-state index in [0.29, 0.717) is 6.42 Å². The van der Waals surface area contributed by atoms with E-state index in [2.05, 4.69) is 19.2 Å². The zero-order valence-corrected chi connectivity index (χ0v) is 11.3. The number of methoxy groups -OCH3 is 1.